The standard InChI is InChI=1S/C10H9N3O/c11-8-4-5-13-9-6(8)2-1-3-7(9)10(12)14/h1-5H,(H2,11,13)(H2,12,14). The number of para-hydroxylation sites is 1. The van der Waals surface area contributed by atoms with Gasteiger partial charge in [-0.05, 0) is 12.1 Å². The second-order valence-corrected chi connectivity index (χ2v) is 2.97. The Bertz CT molecular complexity index is 508. The van der Waals surface area contributed by atoms with Crippen molar-refractivity contribution in [3.63, 3.8) is 0 Å². The number of anilines is 1. The number of aromatic nitrogens is 1. The number of amides is 1. The van der Waals surface area contributed by atoms with E-state index in [1.807, 2.05) is 6.07 Å². The third kappa shape index (κ3) is 1.17. The number of hydrogen-bond donors (Lipinski definition) is 2. The van der Waals surface area contributed by atoms with E-state index in [1.165, 1.54) is 0 Å². The molecule has 0 spiro atoms. The number of primary amides is 1. The van der Waals surface area contributed by atoms with Crippen molar-refractivity contribution < 1.29 is 4.79 Å². The minimum Gasteiger partial charge on any atom is -0.398 e. The first-order chi connectivity index (χ1) is 6.70. The Hall–Kier alpha value is -2.10. The van der Waals surface area contributed by atoms with Gasteiger partial charge in [0.1, 0.15) is 0 Å². The predicted molar refractivity (Wildman–Crippen MR) is 54.7 cm³/mol. The van der Waals surface area contributed by atoms with Crippen LogP contribution in [0.1, 0.15) is 10.4 Å². The second-order valence-electron chi connectivity index (χ2n) is 2.97. The highest BCUT2D eigenvalue weighted by Crippen LogP contribution is 2.21. The van der Waals surface area contributed by atoms with Crippen LogP contribution in [0.3, 0.4) is 0 Å². The number of hydrogen-bond acceptors (Lipinski definition) is 3. The van der Waals surface area contributed by atoms with Crippen LogP contribution in [-0.4, -0.2) is 10.9 Å². The summed E-state index contributed by atoms with van der Waals surface area (Å²) in [6.07, 6.45) is 1.56. The van der Waals surface area contributed by atoms with Crippen LogP contribution in [0.25, 0.3) is 10.9 Å². The van der Waals surface area contributed by atoms with E-state index in [2.05, 4.69) is 4.98 Å². The van der Waals surface area contributed by atoms with Gasteiger partial charge in [-0.25, -0.2) is 0 Å². The van der Waals surface area contributed by atoms with Gasteiger partial charge in [0.05, 0.1) is 11.1 Å². The zero-order chi connectivity index (χ0) is 10.1. The molecule has 0 aliphatic rings. The van der Waals surface area contributed by atoms with Gasteiger partial charge >= 0.3 is 0 Å². The lowest BCUT2D eigenvalue weighted by molar-refractivity contribution is 0.100. The van der Waals surface area contributed by atoms with Crippen LogP contribution in [0.15, 0.2) is 30.5 Å². The molecular weight excluding hydrogens is 178 g/mol. The fourth-order valence-electron chi connectivity index (χ4n) is 1.40. The van der Waals surface area contributed by atoms with Gasteiger partial charge in [0.15, 0.2) is 0 Å². The van der Waals surface area contributed by atoms with Crippen LogP contribution in [-0.2, 0) is 0 Å². The maximum atomic E-state index is 11.1. The van der Waals surface area contributed by atoms with Crippen molar-refractivity contribution >= 4 is 22.5 Å². The number of pyridine rings is 1. The minimum absolute atomic E-state index is 0.398. The molecule has 0 unspecified atom stereocenters. The van der Waals surface area contributed by atoms with Gasteiger partial charge in [-0.3, -0.25) is 9.78 Å². The number of nitrogens with zero attached hydrogens (tertiary/aromatic N) is 1. The largest absolute Gasteiger partial charge is 0.398 e. The molecule has 0 radical (unpaired) electrons. The van der Waals surface area contributed by atoms with Crippen molar-refractivity contribution in [2.45, 2.75) is 0 Å². The van der Waals surface area contributed by atoms with Gasteiger partial charge in [-0.2, -0.15) is 0 Å². The Labute approximate surface area is 80.5 Å². The van der Waals surface area contributed by atoms with Crippen molar-refractivity contribution in [1.29, 1.82) is 0 Å². The zero-order valence-electron chi connectivity index (χ0n) is 7.40. The molecule has 4 heteroatoms. The summed E-state index contributed by atoms with van der Waals surface area (Å²) in [4.78, 5) is 15.2. The van der Waals surface area contributed by atoms with E-state index in [1.54, 1.807) is 24.4 Å². The summed E-state index contributed by atoms with van der Waals surface area (Å²) >= 11 is 0. The number of fused-ring (bicyclic) bond motifs is 1. The molecular formula is C10H9N3O. The molecule has 0 bridgehead atoms. The molecule has 0 fully saturated rings. The molecule has 4 N–H and O–H groups in total. The Morgan fingerprint density at radius 1 is 1.29 bits per heavy atom. The third-order valence-corrected chi connectivity index (χ3v) is 2.07. The van der Waals surface area contributed by atoms with E-state index in [0.29, 0.717) is 16.8 Å². The molecule has 0 saturated carbocycles. The molecule has 2 rings (SSSR count). The van der Waals surface area contributed by atoms with Crippen LogP contribution in [0.2, 0.25) is 0 Å². The van der Waals surface area contributed by atoms with Crippen molar-refractivity contribution in [1.82, 2.24) is 4.98 Å². The van der Waals surface area contributed by atoms with Crippen LogP contribution < -0.4 is 11.5 Å². The maximum absolute atomic E-state index is 11.1. The van der Waals surface area contributed by atoms with Gasteiger partial charge in [0, 0.05) is 17.3 Å². The number of carbonyl (C=O) groups excluding carboxylic acids is 1. The van der Waals surface area contributed by atoms with Crippen LogP contribution in [0.5, 0.6) is 0 Å². The molecule has 0 aliphatic heterocycles. The lowest BCUT2D eigenvalue weighted by Crippen LogP contribution is -2.12. The lowest BCUT2D eigenvalue weighted by atomic mass is 10.1. The fourth-order valence-corrected chi connectivity index (χ4v) is 1.40. The summed E-state index contributed by atoms with van der Waals surface area (Å²) in [7, 11) is 0. The maximum Gasteiger partial charge on any atom is 0.250 e. The predicted octanol–water partition coefficient (Wildman–Crippen LogP) is 0.916. The van der Waals surface area contributed by atoms with Crippen LogP contribution >= 0.6 is 0 Å². The normalized spacial score (nSPS) is 10.3. The summed E-state index contributed by atoms with van der Waals surface area (Å²) in [5.74, 6) is -0.492. The van der Waals surface area contributed by atoms with Crippen molar-refractivity contribution in [3.05, 3.63) is 36.0 Å². The molecule has 0 aliphatic carbocycles. The lowest BCUT2D eigenvalue weighted by Gasteiger charge is -2.03. The van der Waals surface area contributed by atoms with Crippen LogP contribution in [0.4, 0.5) is 5.69 Å². The Kier molecular flexibility index (Phi) is 1.81. The number of rotatable bonds is 1. The molecule has 2 aromatic rings. The monoisotopic (exact) mass is 187 g/mol. The SMILES string of the molecule is NC(=O)c1cccc2c(N)ccnc12. The molecule has 0 saturated heterocycles. The molecule has 4 nitrogen and oxygen atoms in total. The average Bonchev–Trinajstić information content (AvgIpc) is 2.17. The van der Waals surface area contributed by atoms with Gasteiger partial charge in [-0.1, -0.05) is 12.1 Å². The Balaban J connectivity index is 2.88. The van der Waals surface area contributed by atoms with Crippen molar-refractivity contribution in [3.8, 4) is 0 Å². The molecule has 1 amide bonds. The first-order valence-corrected chi connectivity index (χ1v) is 4.13. The van der Waals surface area contributed by atoms with Crippen molar-refractivity contribution in [2.75, 3.05) is 5.73 Å². The smallest absolute Gasteiger partial charge is 0.250 e. The highest BCUT2D eigenvalue weighted by Gasteiger charge is 2.07. The van der Waals surface area contributed by atoms with Gasteiger partial charge < -0.3 is 11.5 Å². The molecule has 70 valence electrons. The van der Waals surface area contributed by atoms with Crippen LogP contribution in [0, 0.1) is 0 Å². The highest BCUT2D eigenvalue weighted by molar-refractivity contribution is 6.07. The third-order valence-electron chi connectivity index (χ3n) is 2.07. The minimum atomic E-state index is -0.492. The number of benzene rings is 1. The topological polar surface area (TPSA) is 82.0 Å². The number of carbonyl (C=O) groups is 1. The van der Waals surface area contributed by atoms with E-state index in [4.69, 9.17) is 11.5 Å². The van der Waals surface area contributed by atoms with E-state index in [9.17, 15) is 4.79 Å². The van der Waals surface area contributed by atoms with Crippen molar-refractivity contribution in [2.24, 2.45) is 5.73 Å². The molecule has 1 aromatic carbocycles. The zero-order valence-corrected chi connectivity index (χ0v) is 7.40. The summed E-state index contributed by atoms with van der Waals surface area (Å²) in [5.41, 5.74) is 12.5. The fraction of sp³-hybridized carbons (Fsp3) is 0. The highest BCUT2D eigenvalue weighted by atomic mass is 16.1. The Morgan fingerprint density at radius 3 is 2.79 bits per heavy atom. The average molecular weight is 187 g/mol. The van der Waals surface area contributed by atoms with Gasteiger partial charge in [0.2, 0.25) is 0 Å². The molecule has 1 aromatic heterocycles. The first-order valence-electron chi connectivity index (χ1n) is 4.13. The van der Waals surface area contributed by atoms with E-state index in [0.717, 1.165) is 5.39 Å². The molecule has 0 atom stereocenters. The quantitative estimate of drug-likeness (QED) is 0.696. The first kappa shape index (κ1) is 8.50. The number of nitrogen functional groups attached to an aromatic ring is 1. The number of nitrogens with two attached hydrogens (primary N) is 2. The second kappa shape index (κ2) is 2.99. The molecule has 1 heterocycles. The summed E-state index contributed by atoms with van der Waals surface area (Å²) in [6.45, 7) is 0. The van der Waals surface area contributed by atoms with E-state index in [-0.39, 0.29) is 0 Å². The van der Waals surface area contributed by atoms with Gasteiger partial charge in [0.25, 0.3) is 5.91 Å². The molecule has 14 heavy (non-hydrogen) atoms. The van der Waals surface area contributed by atoms with Gasteiger partial charge in [-0.15, -0.1) is 0 Å². The van der Waals surface area contributed by atoms with E-state index >= 15 is 0 Å². The van der Waals surface area contributed by atoms with E-state index < -0.39 is 5.91 Å². The summed E-state index contributed by atoms with van der Waals surface area (Å²) in [5, 5.41) is 0.754. The Morgan fingerprint density at radius 2 is 2.07 bits per heavy atom. The summed E-state index contributed by atoms with van der Waals surface area (Å²) in [6, 6.07) is 6.87. The summed E-state index contributed by atoms with van der Waals surface area (Å²) < 4.78 is 0.